The van der Waals surface area contributed by atoms with Crippen molar-refractivity contribution < 1.29 is 15.1 Å². The number of unbranched alkanes of at least 4 members (excludes halogenated alkanes) is 5. The van der Waals surface area contributed by atoms with E-state index in [1.54, 1.807) is 5.57 Å². The van der Waals surface area contributed by atoms with Crippen LogP contribution in [0.3, 0.4) is 0 Å². The van der Waals surface area contributed by atoms with Gasteiger partial charge in [-0.25, -0.2) is 0 Å². The lowest BCUT2D eigenvalue weighted by Gasteiger charge is -2.55. The van der Waals surface area contributed by atoms with Crippen LogP contribution in [0.15, 0.2) is 28.0 Å². The van der Waals surface area contributed by atoms with Gasteiger partial charge in [-0.05, 0) is 92.3 Å². The Morgan fingerprint density at radius 3 is 2.63 bits per heavy atom. The molecule has 2 saturated carbocycles. The summed E-state index contributed by atoms with van der Waals surface area (Å²) in [6, 6.07) is 2.47. The molecule has 0 amide bonds. The second-order valence-corrected chi connectivity index (χ2v) is 11.9. The predicted octanol–water partition coefficient (Wildman–Crippen LogP) is 7.80. The lowest BCUT2D eigenvalue weighted by atomic mass is 9.48. The zero-order chi connectivity index (χ0) is 25.1. The van der Waals surface area contributed by atoms with Crippen LogP contribution in [0.4, 0.5) is 0 Å². The molecular weight excluding hydrogens is 436 g/mol. The zero-order valence-corrected chi connectivity index (χ0v) is 21.8. The standard InChI is InChI=1S/C30H44N2O3/c1-3-4-5-6-7-8-9-27(28(33)34)30(18-19-31)17-15-26-25-12-10-21-20-22(32-35)11-13-23(21)24(25)14-16-29(26,30)2/h20,25-27,35H,3-18H2,1-2H3,(H,33,34)/b32-22-/t25-,26+,27?,29+,30+/m1/s1. The van der Waals surface area contributed by atoms with Gasteiger partial charge in [0.25, 0.3) is 0 Å². The maximum atomic E-state index is 12.7. The Balaban J connectivity index is 1.59. The summed E-state index contributed by atoms with van der Waals surface area (Å²) in [5.41, 5.74) is 4.71. The fourth-order valence-electron chi connectivity index (χ4n) is 8.68. The third-order valence-electron chi connectivity index (χ3n) is 10.5. The normalized spacial score (nSPS) is 34.0. The van der Waals surface area contributed by atoms with Crippen molar-refractivity contribution in [2.45, 2.75) is 117 Å². The first kappa shape index (κ1) is 26.0. The third-order valence-corrected chi connectivity index (χ3v) is 10.5. The van der Waals surface area contributed by atoms with E-state index in [2.05, 4.69) is 31.1 Å². The first-order chi connectivity index (χ1) is 16.9. The second-order valence-electron chi connectivity index (χ2n) is 11.9. The van der Waals surface area contributed by atoms with Crippen molar-refractivity contribution in [2.24, 2.45) is 33.7 Å². The molecule has 2 N–H and O–H groups in total. The van der Waals surface area contributed by atoms with Crippen LogP contribution >= 0.6 is 0 Å². The molecule has 0 aromatic carbocycles. The van der Waals surface area contributed by atoms with Crippen molar-refractivity contribution in [1.29, 1.82) is 5.26 Å². The minimum absolute atomic E-state index is 0.101. The number of oxime groups is 1. The fourth-order valence-corrected chi connectivity index (χ4v) is 8.68. The Bertz CT molecular complexity index is 942. The van der Waals surface area contributed by atoms with E-state index in [1.165, 1.54) is 36.8 Å². The Morgan fingerprint density at radius 1 is 1.14 bits per heavy atom. The van der Waals surface area contributed by atoms with E-state index in [1.807, 2.05) is 0 Å². The van der Waals surface area contributed by atoms with E-state index in [9.17, 15) is 20.4 Å². The second kappa shape index (κ2) is 10.9. The van der Waals surface area contributed by atoms with Gasteiger partial charge in [0.05, 0.1) is 17.7 Å². The number of aliphatic carboxylic acids is 1. The monoisotopic (exact) mass is 480 g/mol. The molecule has 0 spiro atoms. The van der Waals surface area contributed by atoms with Crippen molar-refractivity contribution in [2.75, 3.05) is 0 Å². The summed E-state index contributed by atoms with van der Waals surface area (Å²) in [4.78, 5) is 12.7. The van der Waals surface area contributed by atoms with Gasteiger partial charge in [-0.1, -0.05) is 63.1 Å². The molecule has 4 aliphatic carbocycles. The smallest absolute Gasteiger partial charge is 0.307 e. The number of nitriles is 1. The number of allylic oxidation sites excluding steroid dienone is 4. The molecule has 0 bridgehead atoms. The summed E-state index contributed by atoms with van der Waals surface area (Å²) < 4.78 is 0. The van der Waals surface area contributed by atoms with Crippen LogP contribution in [0.2, 0.25) is 0 Å². The largest absolute Gasteiger partial charge is 0.481 e. The number of nitrogens with zero attached hydrogens (tertiary/aromatic N) is 2. The molecule has 4 aliphatic rings. The van der Waals surface area contributed by atoms with Gasteiger partial charge in [0.15, 0.2) is 0 Å². The van der Waals surface area contributed by atoms with Crippen molar-refractivity contribution in [1.82, 2.24) is 0 Å². The quantitative estimate of drug-likeness (QED) is 0.189. The van der Waals surface area contributed by atoms with E-state index in [0.717, 1.165) is 69.9 Å². The first-order valence-corrected chi connectivity index (χ1v) is 14.2. The minimum Gasteiger partial charge on any atom is -0.481 e. The highest BCUT2D eigenvalue weighted by Gasteiger charge is 2.64. The predicted molar refractivity (Wildman–Crippen MR) is 138 cm³/mol. The number of carboxylic acid groups (broad SMARTS) is 1. The Kier molecular flexibility index (Phi) is 8.09. The van der Waals surface area contributed by atoms with Gasteiger partial charge in [-0.2, -0.15) is 5.26 Å². The summed E-state index contributed by atoms with van der Waals surface area (Å²) in [5.74, 6) is -0.128. The average Bonchev–Trinajstić information content (AvgIpc) is 3.15. The van der Waals surface area contributed by atoms with Crippen molar-refractivity contribution in [3.05, 3.63) is 22.8 Å². The van der Waals surface area contributed by atoms with Gasteiger partial charge in [0.2, 0.25) is 0 Å². The van der Waals surface area contributed by atoms with Crippen LogP contribution in [0.25, 0.3) is 0 Å². The van der Waals surface area contributed by atoms with Crippen molar-refractivity contribution >= 4 is 11.7 Å². The molecule has 5 nitrogen and oxygen atoms in total. The number of fused-ring (bicyclic) bond motifs is 4. The molecule has 0 aromatic heterocycles. The van der Waals surface area contributed by atoms with Gasteiger partial charge >= 0.3 is 5.97 Å². The minimum atomic E-state index is -0.684. The molecular formula is C30H44N2O3. The molecule has 5 atom stereocenters. The van der Waals surface area contributed by atoms with Crippen LogP contribution in [0, 0.1) is 39.9 Å². The molecule has 0 radical (unpaired) electrons. The van der Waals surface area contributed by atoms with E-state index in [4.69, 9.17) is 0 Å². The highest BCUT2D eigenvalue weighted by atomic mass is 16.4. The molecule has 0 heterocycles. The van der Waals surface area contributed by atoms with Gasteiger partial charge in [-0.3, -0.25) is 4.79 Å². The highest BCUT2D eigenvalue weighted by molar-refractivity contribution is 5.97. The fraction of sp³-hybridized carbons (Fsp3) is 0.767. The topological polar surface area (TPSA) is 93.7 Å². The number of rotatable bonds is 10. The number of hydrogen-bond acceptors (Lipinski definition) is 4. The summed E-state index contributed by atoms with van der Waals surface area (Å²) in [5, 5.41) is 33.1. The number of carboxylic acids is 1. The van der Waals surface area contributed by atoms with Gasteiger partial charge in [0.1, 0.15) is 0 Å². The molecule has 5 heteroatoms. The zero-order valence-electron chi connectivity index (χ0n) is 21.8. The maximum Gasteiger partial charge on any atom is 0.307 e. The molecule has 0 aromatic rings. The lowest BCUT2D eigenvalue weighted by Crippen LogP contribution is -2.50. The number of carbonyl (C=O) groups is 1. The van der Waals surface area contributed by atoms with Gasteiger partial charge in [-0.15, -0.1) is 0 Å². The van der Waals surface area contributed by atoms with Crippen LogP contribution in [0.5, 0.6) is 0 Å². The van der Waals surface area contributed by atoms with Crippen molar-refractivity contribution in [3.8, 4) is 6.07 Å². The van der Waals surface area contributed by atoms with E-state index in [0.29, 0.717) is 24.7 Å². The molecule has 192 valence electrons. The molecule has 1 unspecified atom stereocenters. The first-order valence-electron chi connectivity index (χ1n) is 14.2. The lowest BCUT2D eigenvalue weighted by molar-refractivity contribution is -0.153. The molecule has 35 heavy (non-hydrogen) atoms. The Morgan fingerprint density at radius 2 is 1.91 bits per heavy atom. The van der Waals surface area contributed by atoms with Gasteiger partial charge < -0.3 is 10.3 Å². The molecule has 0 aliphatic heterocycles. The maximum absolute atomic E-state index is 12.7. The van der Waals surface area contributed by atoms with Gasteiger partial charge in [0, 0.05) is 11.8 Å². The summed E-state index contributed by atoms with van der Waals surface area (Å²) in [6.07, 6.45) is 17.9. The average molecular weight is 481 g/mol. The van der Waals surface area contributed by atoms with E-state index >= 15 is 0 Å². The Hall–Kier alpha value is -2.09. The highest BCUT2D eigenvalue weighted by Crippen LogP contribution is 2.70. The van der Waals surface area contributed by atoms with Crippen LogP contribution in [-0.4, -0.2) is 22.0 Å². The van der Waals surface area contributed by atoms with Crippen LogP contribution in [-0.2, 0) is 4.79 Å². The molecule has 2 fully saturated rings. The number of hydrogen-bond donors (Lipinski definition) is 2. The van der Waals surface area contributed by atoms with E-state index in [-0.39, 0.29) is 5.41 Å². The SMILES string of the molecule is CCCCCCCCC(C(=O)O)[C@@]1(CC#N)CC[C@H]2[C@@H]3CCC4=C/C(=N\O)CCC4=C3CC[C@@]21C. The molecule has 4 rings (SSSR count). The van der Waals surface area contributed by atoms with Crippen LogP contribution < -0.4 is 0 Å². The van der Waals surface area contributed by atoms with Crippen molar-refractivity contribution in [3.63, 3.8) is 0 Å². The summed E-state index contributed by atoms with van der Waals surface area (Å²) in [6.45, 7) is 4.57. The Labute approximate surface area is 211 Å². The molecule has 0 saturated heterocycles. The summed E-state index contributed by atoms with van der Waals surface area (Å²) >= 11 is 0. The van der Waals surface area contributed by atoms with Crippen LogP contribution in [0.1, 0.15) is 117 Å². The van der Waals surface area contributed by atoms with E-state index < -0.39 is 17.3 Å². The third kappa shape index (κ3) is 4.58. The summed E-state index contributed by atoms with van der Waals surface area (Å²) in [7, 11) is 0.